The number of benzene rings is 2. The highest BCUT2D eigenvalue weighted by Crippen LogP contribution is 2.38. The molecule has 10 heteroatoms. The smallest absolute Gasteiger partial charge is 0.336 e. The number of carbonyl (C=O) groups is 3. The van der Waals surface area contributed by atoms with Crippen molar-refractivity contribution in [1.29, 1.82) is 0 Å². The number of hydrogen-bond acceptors (Lipinski definition) is 7. The van der Waals surface area contributed by atoms with E-state index in [1.54, 1.807) is 32.0 Å². The average Bonchev–Trinajstić information content (AvgIpc) is 2.78. The summed E-state index contributed by atoms with van der Waals surface area (Å²) in [4.78, 5) is 39.5. The normalized spacial score (nSPS) is 14.8. The first-order valence-electron chi connectivity index (χ1n) is 10.7. The third-order valence-electron chi connectivity index (χ3n) is 4.73. The summed E-state index contributed by atoms with van der Waals surface area (Å²) >= 11 is 6.30. The second kappa shape index (κ2) is 10.9. The summed E-state index contributed by atoms with van der Waals surface area (Å²) in [7, 11) is 1.45. The van der Waals surface area contributed by atoms with Crippen molar-refractivity contribution in [3.05, 3.63) is 46.5 Å². The lowest BCUT2D eigenvalue weighted by Gasteiger charge is -2.28. The molecule has 1 N–H and O–H groups in total. The van der Waals surface area contributed by atoms with Crippen molar-refractivity contribution in [3.8, 4) is 23.0 Å². The number of barbiturate groups is 1. The number of amides is 4. The molecule has 2 aromatic carbocycles. The maximum absolute atomic E-state index is 13.4. The molecule has 0 aromatic heterocycles. The molecule has 3 rings (SSSR count). The number of urea groups is 1. The second-order valence-corrected chi connectivity index (χ2v) is 7.33. The lowest BCUT2D eigenvalue weighted by atomic mass is 10.1. The molecule has 0 spiro atoms. The van der Waals surface area contributed by atoms with E-state index in [1.165, 1.54) is 25.3 Å². The Labute approximate surface area is 202 Å². The van der Waals surface area contributed by atoms with Crippen LogP contribution in [-0.2, 0) is 9.59 Å². The van der Waals surface area contributed by atoms with Crippen molar-refractivity contribution in [3.63, 3.8) is 0 Å². The van der Waals surface area contributed by atoms with Gasteiger partial charge in [-0.1, -0.05) is 11.6 Å². The van der Waals surface area contributed by atoms with Gasteiger partial charge in [0.1, 0.15) is 17.1 Å². The lowest BCUT2D eigenvalue weighted by molar-refractivity contribution is -0.122. The maximum atomic E-state index is 13.4. The highest BCUT2D eigenvalue weighted by molar-refractivity contribution is 6.39. The predicted octanol–water partition coefficient (Wildman–Crippen LogP) is 4.21. The third kappa shape index (κ3) is 5.09. The molecule has 0 saturated carbocycles. The molecule has 0 aliphatic carbocycles. The fraction of sp³-hybridized carbons (Fsp3) is 0.292. The number of halogens is 1. The first-order chi connectivity index (χ1) is 16.3. The highest BCUT2D eigenvalue weighted by Gasteiger charge is 2.38. The van der Waals surface area contributed by atoms with Crippen molar-refractivity contribution >= 4 is 41.2 Å². The van der Waals surface area contributed by atoms with Crippen LogP contribution >= 0.6 is 11.6 Å². The number of hydrogen-bond donors (Lipinski definition) is 1. The van der Waals surface area contributed by atoms with Gasteiger partial charge in [0, 0.05) is 6.07 Å². The number of nitrogens with one attached hydrogen (secondary N) is 1. The number of ether oxygens (including phenoxy) is 4. The number of imide groups is 2. The van der Waals surface area contributed by atoms with Gasteiger partial charge >= 0.3 is 6.03 Å². The van der Waals surface area contributed by atoms with Crippen molar-refractivity contribution in [2.45, 2.75) is 20.8 Å². The van der Waals surface area contributed by atoms with E-state index >= 15 is 0 Å². The standard InChI is InChI=1S/C24H25ClN2O7/c1-5-32-15-8-9-19(33-6-2)18(13-15)27-23(29)16(22(28)26-24(27)30)10-14-11-17(25)21(31-4)20(12-14)34-7-3/h8-13H,5-7H2,1-4H3,(H,26,28,30)/b16-10+. The van der Waals surface area contributed by atoms with Gasteiger partial charge in [-0.2, -0.15) is 0 Å². The van der Waals surface area contributed by atoms with Crippen LogP contribution in [-0.4, -0.2) is 44.8 Å². The summed E-state index contributed by atoms with van der Waals surface area (Å²) in [5.41, 5.74) is 0.291. The van der Waals surface area contributed by atoms with E-state index in [2.05, 4.69) is 5.32 Å². The third-order valence-corrected chi connectivity index (χ3v) is 5.01. The van der Waals surface area contributed by atoms with Crippen LogP contribution in [0.5, 0.6) is 23.0 Å². The van der Waals surface area contributed by atoms with E-state index in [-0.39, 0.29) is 22.0 Å². The summed E-state index contributed by atoms with van der Waals surface area (Å²) in [5.74, 6) is -0.259. The molecule has 1 heterocycles. The van der Waals surface area contributed by atoms with Crippen molar-refractivity contribution in [1.82, 2.24) is 5.32 Å². The minimum Gasteiger partial charge on any atom is -0.494 e. The number of methoxy groups -OCH3 is 1. The van der Waals surface area contributed by atoms with Gasteiger partial charge in [-0.25, -0.2) is 9.69 Å². The predicted molar refractivity (Wildman–Crippen MR) is 127 cm³/mol. The molecule has 1 aliphatic heterocycles. The molecule has 0 bridgehead atoms. The van der Waals surface area contributed by atoms with Crippen LogP contribution in [0.3, 0.4) is 0 Å². The molecule has 0 atom stereocenters. The maximum Gasteiger partial charge on any atom is 0.336 e. The quantitative estimate of drug-likeness (QED) is 0.416. The number of anilines is 1. The fourth-order valence-electron chi connectivity index (χ4n) is 3.38. The van der Waals surface area contributed by atoms with Crippen LogP contribution in [0.15, 0.2) is 35.9 Å². The van der Waals surface area contributed by atoms with Gasteiger partial charge in [0.25, 0.3) is 11.8 Å². The number of nitrogens with zero attached hydrogens (tertiary/aromatic N) is 1. The first-order valence-corrected chi connectivity index (χ1v) is 11.0. The number of rotatable bonds is 9. The van der Waals surface area contributed by atoms with Crippen LogP contribution in [0.2, 0.25) is 5.02 Å². The molecule has 1 aliphatic rings. The van der Waals surface area contributed by atoms with Crippen LogP contribution < -0.4 is 29.2 Å². The largest absolute Gasteiger partial charge is 0.494 e. The molecule has 1 saturated heterocycles. The van der Waals surface area contributed by atoms with Crippen LogP contribution in [0, 0.1) is 0 Å². The van der Waals surface area contributed by atoms with Gasteiger partial charge in [-0.05, 0) is 56.7 Å². The zero-order chi connectivity index (χ0) is 24.8. The molecule has 180 valence electrons. The van der Waals surface area contributed by atoms with Gasteiger partial charge in [0.15, 0.2) is 11.5 Å². The molecule has 2 aromatic rings. The summed E-state index contributed by atoms with van der Waals surface area (Å²) in [5, 5.41) is 2.44. The Bertz CT molecular complexity index is 1150. The molecule has 0 unspecified atom stereocenters. The van der Waals surface area contributed by atoms with E-state index in [0.29, 0.717) is 42.6 Å². The highest BCUT2D eigenvalue weighted by atomic mass is 35.5. The SMILES string of the molecule is CCOc1ccc(OCC)c(N2C(=O)NC(=O)/C(=C\c3cc(Cl)c(OC)c(OCC)c3)C2=O)c1. The van der Waals surface area contributed by atoms with Crippen molar-refractivity contribution < 1.29 is 33.3 Å². The van der Waals surface area contributed by atoms with Crippen LogP contribution in [0.25, 0.3) is 6.08 Å². The monoisotopic (exact) mass is 488 g/mol. The van der Waals surface area contributed by atoms with E-state index < -0.39 is 17.8 Å². The van der Waals surface area contributed by atoms with E-state index in [0.717, 1.165) is 4.90 Å². The molecular weight excluding hydrogens is 464 g/mol. The Morgan fingerprint density at radius 2 is 1.62 bits per heavy atom. The Hall–Kier alpha value is -3.72. The van der Waals surface area contributed by atoms with Gasteiger partial charge < -0.3 is 18.9 Å². The van der Waals surface area contributed by atoms with Gasteiger partial charge in [0.2, 0.25) is 0 Å². The fourth-order valence-corrected chi connectivity index (χ4v) is 3.68. The molecule has 4 amide bonds. The van der Waals surface area contributed by atoms with Crippen molar-refractivity contribution in [2.75, 3.05) is 31.8 Å². The van der Waals surface area contributed by atoms with Crippen molar-refractivity contribution in [2.24, 2.45) is 0 Å². The molecular formula is C24H25ClN2O7. The Balaban J connectivity index is 2.09. The average molecular weight is 489 g/mol. The summed E-state index contributed by atoms with van der Waals surface area (Å²) in [6, 6.07) is 6.99. The molecule has 34 heavy (non-hydrogen) atoms. The molecule has 1 fully saturated rings. The lowest BCUT2D eigenvalue weighted by Crippen LogP contribution is -2.54. The van der Waals surface area contributed by atoms with Gasteiger partial charge in [-0.3, -0.25) is 14.9 Å². The Morgan fingerprint density at radius 3 is 2.26 bits per heavy atom. The van der Waals surface area contributed by atoms with E-state index in [9.17, 15) is 14.4 Å². The zero-order valence-corrected chi connectivity index (χ0v) is 20.0. The minimum atomic E-state index is -0.899. The number of carbonyl (C=O) groups excluding carboxylic acids is 3. The van der Waals surface area contributed by atoms with Crippen LogP contribution in [0.4, 0.5) is 10.5 Å². The van der Waals surface area contributed by atoms with E-state index in [1.807, 2.05) is 6.92 Å². The first kappa shape index (κ1) is 24.9. The topological polar surface area (TPSA) is 103 Å². The summed E-state index contributed by atoms with van der Waals surface area (Å²) in [6.45, 7) is 6.42. The molecule has 0 radical (unpaired) electrons. The van der Waals surface area contributed by atoms with E-state index in [4.69, 9.17) is 30.5 Å². The minimum absolute atomic E-state index is 0.150. The Morgan fingerprint density at radius 1 is 0.941 bits per heavy atom. The Kier molecular flexibility index (Phi) is 8.01. The van der Waals surface area contributed by atoms with Crippen LogP contribution in [0.1, 0.15) is 26.3 Å². The van der Waals surface area contributed by atoms with Gasteiger partial charge in [0.05, 0.1) is 37.6 Å². The summed E-state index contributed by atoms with van der Waals surface area (Å²) < 4.78 is 21.9. The zero-order valence-electron chi connectivity index (χ0n) is 19.3. The summed E-state index contributed by atoms with van der Waals surface area (Å²) in [6.07, 6.45) is 1.33. The second-order valence-electron chi connectivity index (χ2n) is 6.92. The van der Waals surface area contributed by atoms with Gasteiger partial charge in [-0.15, -0.1) is 0 Å². The molecule has 9 nitrogen and oxygen atoms in total.